The van der Waals surface area contributed by atoms with Crippen LogP contribution in [0.3, 0.4) is 0 Å². The predicted octanol–water partition coefficient (Wildman–Crippen LogP) is 3.36. The highest BCUT2D eigenvalue weighted by molar-refractivity contribution is 14.0. The Morgan fingerprint density at radius 2 is 1.89 bits per heavy atom. The van der Waals surface area contributed by atoms with E-state index in [1.807, 2.05) is 41.3 Å². The highest BCUT2D eigenvalue weighted by Crippen LogP contribution is 2.23. The number of carbonyl (C=O) groups is 1. The number of anilines is 1. The maximum Gasteiger partial charge on any atom is 0.223 e. The molecule has 0 aliphatic carbocycles. The van der Waals surface area contributed by atoms with Gasteiger partial charge in [0.05, 0.1) is 7.11 Å². The molecule has 1 aliphatic rings. The Hall–Kier alpha value is -2.29. The number of hydrogen-bond donors (Lipinski definition) is 2. The maximum atomic E-state index is 12.3. The van der Waals surface area contributed by atoms with Gasteiger partial charge in [0.2, 0.25) is 5.91 Å². The van der Waals surface area contributed by atoms with Crippen LogP contribution in [0.15, 0.2) is 53.5 Å². The summed E-state index contributed by atoms with van der Waals surface area (Å²) in [5.41, 5.74) is 9.20. The minimum Gasteiger partial charge on any atom is -0.497 e. The van der Waals surface area contributed by atoms with Crippen molar-refractivity contribution in [1.29, 1.82) is 0 Å². The summed E-state index contributed by atoms with van der Waals surface area (Å²) in [6.07, 6.45) is 1.15. The van der Waals surface area contributed by atoms with Crippen LogP contribution >= 0.6 is 24.0 Å². The number of nitrogens with one attached hydrogen (secondary N) is 1. The molecular formula is C20H25IN4O2. The van der Waals surface area contributed by atoms with Crippen LogP contribution < -0.4 is 15.8 Å². The van der Waals surface area contributed by atoms with Gasteiger partial charge < -0.3 is 20.7 Å². The zero-order valence-electron chi connectivity index (χ0n) is 15.4. The Morgan fingerprint density at radius 1 is 1.19 bits per heavy atom. The SMILES string of the molecule is COc1cccc(NC(N)=NCCCC(=O)N2Cc3ccccc3C2)c1.I. The van der Waals surface area contributed by atoms with Crippen LogP contribution in [0.4, 0.5) is 5.69 Å². The number of nitrogens with zero attached hydrogens (tertiary/aromatic N) is 2. The highest BCUT2D eigenvalue weighted by Gasteiger charge is 2.22. The largest absolute Gasteiger partial charge is 0.497 e. The van der Waals surface area contributed by atoms with Crippen molar-refractivity contribution >= 4 is 41.5 Å². The third-order valence-electron chi connectivity index (χ3n) is 4.37. The fraction of sp³-hybridized carbons (Fsp3) is 0.300. The summed E-state index contributed by atoms with van der Waals surface area (Å²) in [4.78, 5) is 18.5. The molecule has 3 N–H and O–H groups in total. The molecule has 0 saturated heterocycles. The molecule has 2 aromatic rings. The molecule has 0 bridgehead atoms. The van der Waals surface area contributed by atoms with Gasteiger partial charge in [-0.1, -0.05) is 30.3 Å². The average molecular weight is 480 g/mol. The number of guanidine groups is 1. The van der Waals surface area contributed by atoms with E-state index in [9.17, 15) is 4.79 Å². The van der Waals surface area contributed by atoms with Crippen molar-refractivity contribution < 1.29 is 9.53 Å². The van der Waals surface area contributed by atoms with E-state index >= 15 is 0 Å². The van der Waals surface area contributed by atoms with E-state index < -0.39 is 0 Å². The van der Waals surface area contributed by atoms with Crippen molar-refractivity contribution in [1.82, 2.24) is 4.90 Å². The minimum atomic E-state index is 0. The number of benzene rings is 2. The molecule has 7 heteroatoms. The molecule has 1 aliphatic heterocycles. The van der Waals surface area contributed by atoms with Gasteiger partial charge in [-0.15, -0.1) is 24.0 Å². The number of fused-ring (bicyclic) bond motifs is 1. The number of halogens is 1. The third kappa shape index (κ3) is 5.85. The van der Waals surface area contributed by atoms with Crippen LogP contribution in [0.25, 0.3) is 0 Å². The summed E-state index contributed by atoms with van der Waals surface area (Å²) in [6, 6.07) is 15.7. The number of ether oxygens (including phenoxy) is 1. The van der Waals surface area contributed by atoms with E-state index in [0.29, 0.717) is 38.4 Å². The number of hydrogen-bond acceptors (Lipinski definition) is 3. The summed E-state index contributed by atoms with van der Waals surface area (Å²) >= 11 is 0. The van der Waals surface area contributed by atoms with Crippen LogP contribution in [-0.2, 0) is 17.9 Å². The van der Waals surface area contributed by atoms with E-state index in [1.54, 1.807) is 7.11 Å². The Labute approximate surface area is 176 Å². The van der Waals surface area contributed by atoms with Gasteiger partial charge >= 0.3 is 0 Å². The third-order valence-corrected chi connectivity index (χ3v) is 4.37. The maximum absolute atomic E-state index is 12.3. The first kappa shape index (κ1) is 21.0. The number of nitrogens with two attached hydrogens (primary N) is 1. The molecule has 0 fully saturated rings. The van der Waals surface area contributed by atoms with Gasteiger partial charge in [0, 0.05) is 37.8 Å². The number of aliphatic imine (C=N–C) groups is 1. The van der Waals surface area contributed by atoms with Gasteiger partial charge in [-0.25, -0.2) is 0 Å². The van der Waals surface area contributed by atoms with Crippen LogP contribution in [-0.4, -0.2) is 30.4 Å². The van der Waals surface area contributed by atoms with Crippen molar-refractivity contribution in [3.05, 3.63) is 59.7 Å². The second-order valence-corrected chi connectivity index (χ2v) is 6.25. The van der Waals surface area contributed by atoms with Crippen molar-refractivity contribution in [3.63, 3.8) is 0 Å². The number of amides is 1. The fourth-order valence-corrected chi connectivity index (χ4v) is 2.99. The zero-order valence-corrected chi connectivity index (χ0v) is 17.7. The Balaban J connectivity index is 0.00000261. The molecule has 6 nitrogen and oxygen atoms in total. The number of carbonyl (C=O) groups excluding carboxylic acids is 1. The van der Waals surface area contributed by atoms with Crippen molar-refractivity contribution in [2.45, 2.75) is 25.9 Å². The molecule has 0 saturated carbocycles. The van der Waals surface area contributed by atoms with Gasteiger partial charge in [0.1, 0.15) is 5.75 Å². The van der Waals surface area contributed by atoms with Gasteiger partial charge in [-0.3, -0.25) is 9.79 Å². The van der Waals surface area contributed by atoms with Crippen LogP contribution in [0.1, 0.15) is 24.0 Å². The Bertz CT molecular complexity index is 785. The second-order valence-electron chi connectivity index (χ2n) is 6.25. The smallest absolute Gasteiger partial charge is 0.223 e. The summed E-state index contributed by atoms with van der Waals surface area (Å²) in [6.45, 7) is 1.92. The van der Waals surface area contributed by atoms with E-state index in [-0.39, 0.29) is 29.9 Å². The molecule has 1 amide bonds. The summed E-state index contributed by atoms with van der Waals surface area (Å²) in [5, 5.41) is 3.02. The van der Waals surface area contributed by atoms with E-state index in [0.717, 1.165) is 11.4 Å². The molecular weight excluding hydrogens is 455 g/mol. The zero-order chi connectivity index (χ0) is 18.4. The van der Waals surface area contributed by atoms with Crippen LogP contribution in [0, 0.1) is 0 Å². The summed E-state index contributed by atoms with van der Waals surface area (Å²) < 4.78 is 5.17. The molecule has 144 valence electrons. The number of rotatable bonds is 6. The Kier molecular flexibility index (Phi) is 7.90. The molecule has 0 radical (unpaired) electrons. The molecule has 0 unspecified atom stereocenters. The lowest BCUT2D eigenvalue weighted by atomic mass is 10.1. The minimum absolute atomic E-state index is 0. The first-order chi connectivity index (χ1) is 12.7. The predicted molar refractivity (Wildman–Crippen MR) is 118 cm³/mol. The standard InChI is InChI=1S/C20H24N4O2.HI/c1-26-18-9-4-8-17(12-18)23-20(21)22-11-5-10-19(25)24-13-15-6-2-3-7-16(15)14-24;/h2-4,6-9,12H,5,10-11,13-14H2,1H3,(H3,21,22,23);1H. The molecule has 2 aromatic carbocycles. The Morgan fingerprint density at radius 3 is 2.56 bits per heavy atom. The summed E-state index contributed by atoms with van der Waals surface area (Å²) in [7, 11) is 1.62. The van der Waals surface area contributed by atoms with Crippen LogP contribution in [0.5, 0.6) is 5.75 Å². The van der Waals surface area contributed by atoms with E-state index in [1.165, 1.54) is 11.1 Å². The average Bonchev–Trinajstić information content (AvgIpc) is 3.09. The van der Waals surface area contributed by atoms with Gasteiger partial charge in [-0.2, -0.15) is 0 Å². The highest BCUT2D eigenvalue weighted by atomic mass is 127. The first-order valence-electron chi connectivity index (χ1n) is 8.71. The summed E-state index contributed by atoms with van der Waals surface area (Å²) in [5.74, 6) is 1.25. The van der Waals surface area contributed by atoms with Gasteiger partial charge in [-0.05, 0) is 29.7 Å². The molecule has 27 heavy (non-hydrogen) atoms. The van der Waals surface area contributed by atoms with E-state index in [4.69, 9.17) is 10.5 Å². The van der Waals surface area contributed by atoms with Crippen molar-refractivity contribution in [3.8, 4) is 5.75 Å². The topological polar surface area (TPSA) is 80.0 Å². The second kappa shape index (κ2) is 10.1. The first-order valence-corrected chi connectivity index (χ1v) is 8.71. The van der Waals surface area contributed by atoms with Crippen molar-refractivity contribution in [2.75, 3.05) is 19.0 Å². The van der Waals surface area contributed by atoms with E-state index in [2.05, 4.69) is 22.4 Å². The van der Waals surface area contributed by atoms with Gasteiger partial charge in [0.15, 0.2) is 5.96 Å². The number of methoxy groups -OCH3 is 1. The molecule has 3 rings (SSSR count). The van der Waals surface area contributed by atoms with Crippen molar-refractivity contribution in [2.24, 2.45) is 10.7 Å². The lowest BCUT2D eigenvalue weighted by molar-refractivity contribution is -0.131. The lowest BCUT2D eigenvalue weighted by Crippen LogP contribution is -2.25. The van der Waals surface area contributed by atoms with Crippen LogP contribution in [0.2, 0.25) is 0 Å². The lowest BCUT2D eigenvalue weighted by Gasteiger charge is -2.15. The quantitative estimate of drug-likeness (QED) is 0.288. The van der Waals surface area contributed by atoms with Gasteiger partial charge in [0.25, 0.3) is 0 Å². The molecule has 0 aromatic heterocycles. The monoisotopic (exact) mass is 480 g/mol. The fourth-order valence-electron chi connectivity index (χ4n) is 2.99. The molecule has 0 atom stereocenters. The molecule has 0 spiro atoms. The normalized spacial score (nSPS) is 12.9. The molecule has 1 heterocycles.